The first-order chi connectivity index (χ1) is 28.9. The third-order valence-corrected chi connectivity index (χ3v) is 17.8. The molecule has 6 rings (SSSR count). The number of hydrogen-bond donors (Lipinski definition) is 0. The maximum Gasteiger partial charge on any atom is 0.307 e. The summed E-state index contributed by atoms with van der Waals surface area (Å²) in [6, 6.07) is 27.8. The van der Waals surface area contributed by atoms with Gasteiger partial charge in [0.15, 0.2) is 5.20 Å². The van der Waals surface area contributed by atoms with Crippen molar-refractivity contribution in [1.82, 2.24) is 13.7 Å². The van der Waals surface area contributed by atoms with Crippen molar-refractivity contribution in [2.75, 3.05) is 0 Å². The highest BCUT2D eigenvalue weighted by atomic mass is 79.9. The van der Waals surface area contributed by atoms with Crippen LogP contribution in [0.4, 0.5) is 0 Å². The van der Waals surface area contributed by atoms with Crippen molar-refractivity contribution in [2.24, 2.45) is 0 Å². The van der Waals surface area contributed by atoms with E-state index in [-0.39, 0.29) is 0 Å². The van der Waals surface area contributed by atoms with E-state index in [1.807, 2.05) is 0 Å². The number of halogens is 1. The van der Waals surface area contributed by atoms with Crippen LogP contribution >= 0.6 is 29.7 Å². The van der Waals surface area contributed by atoms with Crippen LogP contribution in [0.3, 0.4) is 0 Å². The van der Waals surface area contributed by atoms with E-state index >= 15 is 0 Å². The van der Waals surface area contributed by atoms with E-state index in [1.54, 1.807) is 0 Å². The van der Waals surface area contributed by atoms with E-state index in [4.69, 9.17) is 0 Å². The molecule has 0 aliphatic carbocycles. The molecule has 0 amide bonds. The molecule has 4 aromatic carbocycles. The number of rotatable bonds is 14. The maximum atomic E-state index is 4.62. The summed E-state index contributed by atoms with van der Waals surface area (Å²) >= 11 is 4.62. The zero-order valence-corrected chi connectivity index (χ0v) is 43.3. The van der Waals surface area contributed by atoms with Gasteiger partial charge in [-0.25, -0.2) is 0 Å². The second-order valence-electron chi connectivity index (χ2n) is 19.4. The van der Waals surface area contributed by atoms with E-state index < -0.39 is 6.31 Å². The normalized spacial score (nSPS) is 12.9. The topological polar surface area (TPSA) is 18.7 Å². The molecule has 0 saturated heterocycles. The average molecular weight is 919 g/mol. The molecule has 2 aromatic heterocycles. The monoisotopic (exact) mass is 917 g/mol. The zero-order valence-electron chi connectivity index (χ0n) is 39.9. The van der Waals surface area contributed by atoms with Crippen molar-refractivity contribution in [3.05, 3.63) is 147 Å². The zero-order chi connectivity index (χ0) is 44.6. The van der Waals surface area contributed by atoms with Crippen molar-refractivity contribution in [1.29, 1.82) is 0 Å². The van der Waals surface area contributed by atoms with E-state index in [1.165, 1.54) is 85.9 Å². The second kappa shape index (κ2) is 19.5. The lowest BCUT2D eigenvalue weighted by molar-refractivity contribution is -0.576. The molecule has 4 nitrogen and oxygen atoms in total. The molecule has 0 saturated carbocycles. The molecule has 6 aromatic rings. The molecule has 0 N–H and O–H groups in total. The van der Waals surface area contributed by atoms with Gasteiger partial charge in [-0.3, -0.25) is 9.13 Å². The molecular formula is C54H72BrN4P2+. The largest absolute Gasteiger partial charge is 0.307 e. The number of benzene rings is 4. The van der Waals surface area contributed by atoms with Crippen LogP contribution in [-0.2, 0) is 0 Å². The van der Waals surface area contributed by atoms with E-state index in [0.717, 1.165) is 0 Å². The van der Waals surface area contributed by atoms with E-state index in [9.17, 15) is 0 Å². The van der Waals surface area contributed by atoms with Crippen LogP contribution in [0.2, 0.25) is 0 Å². The lowest BCUT2D eigenvalue weighted by Crippen LogP contribution is -2.46. The fraction of sp³-hybridized carbons (Fsp3) is 0.444. The summed E-state index contributed by atoms with van der Waals surface area (Å²) in [5, 5.41) is 1.26. The molecule has 324 valence electrons. The predicted octanol–water partition coefficient (Wildman–Crippen LogP) is 16.8. The fourth-order valence-electron chi connectivity index (χ4n) is 9.02. The maximum absolute atomic E-state index is 4.62. The van der Waals surface area contributed by atoms with Crippen LogP contribution in [0.1, 0.15) is 203 Å². The summed E-state index contributed by atoms with van der Waals surface area (Å²) in [5.41, 5.74) is 17.6. The summed E-state index contributed by atoms with van der Waals surface area (Å²) in [6.45, 7) is 37.4. The Morgan fingerprint density at radius 1 is 0.410 bits per heavy atom. The predicted molar refractivity (Wildman–Crippen MR) is 271 cm³/mol. The highest BCUT2D eigenvalue weighted by molar-refractivity contribution is 9.45. The minimum Gasteiger partial charge on any atom is -0.297 e. The first-order valence-electron chi connectivity index (χ1n) is 22.8. The minimum atomic E-state index is -1.05. The Morgan fingerprint density at radius 2 is 0.689 bits per heavy atom. The second-order valence-corrected chi connectivity index (χ2v) is 26.5. The summed E-state index contributed by atoms with van der Waals surface area (Å²) < 4.78 is 10.3. The lowest BCUT2D eigenvalue weighted by Gasteiger charge is -2.23. The Kier molecular flexibility index (Phi) is 15.0. The van der Waals surface area contributed by atoms with Crippen LogP contribution < -0.4 is 10.1 Å². The van der Waals surface area contributed by atoms with Crippen LogP contribution in [0.15, 0.2) is 97.6 Å². The number of nitrogens with zero attached hydrogens (tertiary/aromatic N) is 4. The molecule has 0 aliphatic rings. The minimum absolute atomic E-state index is 0.356. The van der Waals surface area contributed by atoms with Crippen molar-refractivity contribution < 1.29 is 4.57 Å². The first-order valence-corrected chi connectivity index (χ1v) is 27.8. The molecule has 7 heteroatoms. The van der Waals surface area contributed by atoms with Gasteiger partial charge in [-0.05, 0) is 93.0 Å². The quantitative estimate of drug-likeness (QED) is 0.0766. The molecule has 61 heavy (non-hydrogen) atoms. The number of imidazole rings is 2. The summed E-state index contributed by atoms with van der Waals surface area (Å²) in [7, 11) is 1.20. The number of aromatic nitrogens is 4. The van der Waals surface area contributed by atoms with Crippen LogP contribution in [0.5, 0.6) is 0 Å². The molecule has 1 unspecified atom stereocenters. The van der Waals surface area contributed by atoms with Gasteiger partial charge < -0.3 is 0 Å². The molecule has 0 aliphatic heterocycles. The molecule has 2 heterocycles. The average Bonchev–Trinajstić information content (AvgIpc) is 3.83. The number of hydrogen-bond acceptors (Lipinski definition) is 0. The summed E-state index contributed by atoms with van der Waals surface area (Å²) in [5.74, 6) is 2.86. The van der Waals surface area contributed by atoms with Crippen LogP contribution in [0.25, 0.3) is 22.7 Å². The summed E-state index contributed by atoms with van der Waals surface area (Å²) in [6.07, 6.45) is 8.38. The van der Waals surface area contributed by atoms with Gasteiger partial charge in [0.2, 0.25) is 0 Å². The van der Waals surface area contributed by atoms with Crippen molar-refractivity contribution >= 4 is 35.3 Å². The molecular weight excluding hydrogens is 846 g/mol. The smallest absolute Gasteiger partial charge is 0.297 e. The standard InChI is InChI=1S/C54H72BrN4P2/c1-33(2)41-21-17-22-42(34(3)4)49(41)56-29-30-57(50-43(35(5)6)23-18-24-44(50)36(7)8)53(56)60-61(55)54-58(51-45(37(9)10)25-19-26-46(51)38(11)12)31-32-59(54)52-47(39(13)14)27-20-28-48(52)40(15)16/h17-40H,1-16H3/q+1. The van der Waals surface area contributed by atoms with Crippen molar-refractivity contribution in [3.8, 4) is 22.7 Å². The molecule has 1 atom stereocenters. The third-order valence-electron chi connectivity index (χ3n) is 12.3. The van der Waals surface area contributed by atoms with E-state index in [0.29, 0.717) is 47.3 Å². The molecule has 0 radical (unpaired) electrons. The third kappa shape index (κ3) is 9.28. The number of para-hydroxylation sites is 4. The Balaban J connectivity index is 1.84. The first kappa shape index (κ1) is 47.0. The van der Waals surface area contributed by atoms with Gasteiger partial charge in [0.1, 0.15) is 30.1 Å². The fourth-order valence-corrected chi connectivity index (χ4v) is 14.7. The van der Waals surface area contributed by atoms with Crippen molar-refractivity contribution in [3.63, 3.8) is 0 Å². The van der Waals surface area contributed by atoms with Gasteiger partial charge in [-0.1, -0.05) is 184 Å². The van der Waals surface area contributed by atoms with Crippen molar-refractivity contribution in [2.45, 2.75) is 158 Å². The lowest BCUT2D eigenvalue weighted by atomic mass is 9.92. The molecule has 0 bridgehead atoms. The SMILES string of the molecule is CC(C)c1cccc(C(C)C)c1-n1cc[n+](-c2c(C(C)C)cccc2C(C)C)c1P(Br)P=c1n(-c2c(C(C)C)cccc2C(C)C)ccn1-c1c(C(C)C)cccc1C(C)C. The van der Waals surface area contributed by atoms with Gasteiger partial charge in [0, 0.05) is 34.6 Å². The Morgan fingerprint density at radius 3 is 0.984 bits per heavy atom. The Hall–Kier alpha value is -3.49. The molecule has 0 spiro atoms. The van der Waals surface area contributed by atoms with Crippen LogP contribution in [-0.4, -0.2) is 13.7 Å². The van der Waals surface area contributed by atoms with Gasteiger partial charge in [-0.15, -0.1) is 0 Å². The van der Waals surface area contributed by atoms with Crippen LogP contribution in [0, 0.1) is 5.20 Å². The van der Waals surface area contributed by atoms with Gasteiger partial charge in [0.05, 0.1) is 11.4 Å². The Bertz CT molecular complexity index is 2270. The Labute approximate surface area is 379 Å². The highest BCUT2D eigenvalue weighted by Gasteiger charge is 2.34. The van der Waals surface area contributed by atoms with Gasteiger partial charge >= 0.3 is 5.57 Å². The van der Waals surface area contributed by atoms with Gasteiger partial charge in [0.25, 0.3) is 0 Å². The van der Waals surface area contributed by atoms with Gasteiger partial charge in [-0.2, -0.15) is 9.13 Å². The highest BCUT2D eigenvalue weighted by Crippen LogP contribution is 2.57. The molecule has 0 fully saturated rings. The summed E-state index contributed by atoms with van der Waals surface area (Å²) in [4.78, 5) is 0. The van der Waals surface area contributed by atoms with E-state index in [2.05, 4.69) is 242 Å².